The zero-order valence-electron chi connectivity index (χ0n) is 17.1. The van der Waals surface area contributed by atoms with Crippen LogP contribution in [0.25, 0.3) is 28.5 Å². The molecule has 0 atom stereocenters. The first kappa shape index (κ1) is 19.5. The first-order valence-electron chi connectivity index (χ1n) is 9.66. The van der Waals surface area contributed by atoms with Crippen LogP contribution in [-0.4, -0.2) is 37.8 Å². The third-order valence-corrected chi connectivity index (χ3v) is 6.42. The van der Waals surface area contributed by atoms with Gasteiger partial charge in [0.05, 0.1) is 17.4 Å². The van der Waals surface area contributed by atoms with Crippen molar-refractivity contribution in [3.8, 4) is 22.8 Å². The molecule has 1 aliphatic heterocycles. The van der Waals surface area contributed by atoms with E-state index in [9.17, 15) is 0 Å². The Hall–Kier alpha value is -2.49. The monoisotopic (exact) mass is 466 g/mol. The van der Waals surface area contributed by atoms with Gasteiger partial charge in [-0.15, -0.1) is 0 Å². The second kappa shape index (κ2) is 6.76. The van der Waals surface area contributed by atoms with E-state index in [4.69, 9.17) is 13.8 Å². The molecule has 0 saturated carbocycles. The molecule has 0 aliphatic carbocycles. The molecule has 1 aliphatic rings. The van der Waals surface area contributed by atoms with E-state index in [-0.39, 0.29) is 11.2 Å². The number of rotatable bonds is 3. The van der Waals surface area contributed by atoms with Crippen molar-refractivity contribution in [1.29, 1.82) is 0 Å². The summed E-state index contributed by atoms with van der Waals surface area (Å²) in [5, 5.41) is 4.14. The topological polar surface area (TPSA) is 74.7 Å². The summed E-state index contributed by atoms with van der Waals surface area (Å²) in [6.07, 6.45) is 3.66. The fraction of sp³-hybridized carbons (Fsp3) is 0.286. The first-order valence-corrected chi connectivity index (χ1v) is 10.5. The van der Waals surface area contributed by atoms with Crippen LogP contribution in [0.15, 0.2) is 57.9 Å². The predicted molar refractivity (Wildman–Crippen MR) is 117 cm³/mol. The van der Waals surface area contributed by atoms with Crippen molar-refractivity contribution in [2.24, 2.45) is 0 Å². The highest BCUT2D eigenvalue weighted by Crippen LogP contribution is 2.36. The van der Waals surface area contributed by atoms with Crippen molar-refractivity contribution < 1.29 is 13.8 Å². The van der Waals surface area contributed by atoms with Crippen LogP contribution in [0.2, 0.25) is 0 Å². The van der Waals surface area contributed by atoms with Gasteiger partial charge in [-0.25, -0.2) is 4.98 Å². The number of halogens is 1. The minimum Gasteiger partial charge on any atom is -0.399 e. The molecular formula is C21H20BBrN4O3. The van der Waals surface area contributed by atoms with E-state index in [1.807, 2.05) is 74.7 Å². The van der Waals surface area contributed by atoms with Gasteiger partial charge in [-0.2, -0.15) is 4.98 Å². The molecule has 4 heterocycles. The first-order chi connectivity index (χ1) is 14.2. The Bertz CT molecular complexity index is 1220. The molecule has 0 radical (unpaired) electrons. The van der Waals surface area contributed by atoms with E-state index in [0.29, 0.717) is 11.7 Å². The minimum absolute atomic E-state index is 0.371. The SMILES string of the molecule is CC1(C)OB(c2ccc(-c3noc(-c4ccn5c(Br)cnc5c4)n3)cc2)OC1(C)C. The highest BCUT2D eigenvalue weighted by molar-refractivity contribution is 9.10. The van der Waals surface area contributed by atoms with Gasteiger partial charge >= 0.3 is 7.12 Å². The maximum Gasteiger partial charge on any atom is 0.494 e. The number of aromatic nitrogens is 4. The van der Waals surface area contributed by atoms with Gasteiger partial charge in [0.2, 0.25) is 5.82 Å². The van der Waals surface area contributed by atoms with Crippen LogP contribution in [0.3, 0.4) is 0 Å². The molecule has 0 bridgehead atoms. The molecule has 3 aromatic heterocycles. The molecule has 5 rings (SSSR count). The normalized spacial score (nSPS) is 17.7. The van der Waals surface area contributed by atoms with Gasteiger partial charge in [0, 0.05) is 17.3 Å². The summed E-state index contributed by atoms with van der Waals surface area (Å²) >= 11 is 3.46. The van der Waals surface area contributed by atoms with Crippen molar-refractivity contribution in [1.82, 2.24) is 19.5 Å². The van der Waals surface area contributed by atoms with Gasteiger partial charge in [-0.05, 0) is 61.2 Å². The number of nitrogens with zero attached hydrogens (tertiary/aromatic N) is 4. The average molecular weight is 467 g/mol. The lowest BCUT2D eigenvalue weighted by atomic mass is 9.79. The fourth-order valence-corrected chi connectivity index (χ4v) is 3.71. The summed E-state index contributed by atoms with van der Waals surface area (Å²) in [7, 11) is -0.398. The number of benzene rings is 1. The van der Waals surface area contributed by atoms with Crippen LogP contribution in [-0.2, 0) is 9.31 Å². The molecule has 152 valence electrons. The highest BCUT2D eigenvalue weighted by Gasteiger charge is 2.51. The zero-order chi connectivity index (χ0) is 21.1. The molecular weight excluding hydrogens is 447 g/mol. The molecule has 0 N–H and O–H groups in total. The molecule has 30 heavy (non-hydrogen) atoms. The van der Waals surface area contributed by atoms with Crippen LogP contribution in [0.5, 0.6) is 0 Å². The van der Waals surface area contributed by atoms with Gasteiger partial charge in [-0.3, -0.25) is 4.40 Å². The number of pyridine rings is 1. The van der Waals surface area contributed by atoms with E-state index in [0.717, 1.165) is 26.8 Å². The van der Waals surface area contributed by atoms with E-state index in [1.54, 1.807) is 6.20 Å². The molecule has 1 aromatic carbocycles. The number of hydrogen-bond donors (Lipinski definition) is 0. The summed E-state index contributed by atoms with van der Waals surface area (Å²) in [5.41, 5.74) is 2.68. The maximum absolute atomic E-state index is 6.11. The Kier molecular flexibility index (Phi) is 4.39. The quantitative estimate of drug-likeness (QED) is 0.423. The lowest BCUT2D eigenvalue weighted by Crippen LogP contribution is -2.41. The molecule has 0 spiro atoms. The number of fused-ring (bicyclic) bond motifs is 1. The van der Waals surface area contributed by atoms with Crippen molar-refractivity contribution in [3.63, 3.8) is 0 Å². The Labute approximate surface area is 182 Å². The third-order valence-electron chi connectivity index (χ3n) is 5.84. The fourth-order valence-electron chi connectivity index (χ4n) is 3.31. The summed E-state index contributed by atoms with van der Waals surface area (Å²) < 4.78 is 20.5. The van der Waals surface area contributed by atoms with Gasteiger partial charge in [0.1, 0.15) is 10.3 Å². The standard InChI is InChI=1S/C21H20BBrN4O3/c1-20(2)21(3,4)30-22(29-20)15-7-5-13(6-8-15)18-25-19(28-26-18)14-9-10-27-16(23)12-24-17(27)11-14/h5-12H,1-4H3. The van der Waals surface area contributed by atoms with Gasteiger partial charge < -0.3 is 13.8 Å². The molecule has 0 amide bonds. The second-order valence-electron chi connectivity index (χ2n) is 8.36. The number of imidazole rings is 1. The van der Waals surface area contributed by atoms with Gasteiger partial charge in [0.15, 0.2) is 0 Å². The van der Waals surface area contributed by atoms with Crippen LogP contribution in [0.4, 0.5) is 0 Å². The molecule has 9 heteroatoms. The summed E-state index contributed by atoms with van der Waals surface area (Å²) in [6, 6.07) is 11.7. The summed E-state index contributed by atoms with van der Waals surface area (Å²) in [5.74, 6) is 0.969. The smallest absolute Gasteiger partial charge is 0.399 e. The van der Waals surface area contributed by atoms with Gasteiger partial charge in [-0.1, -0.05) is 29.4 Å². The Morgan fingerprint density at radius 2 is 1.67 bits per heavy atom. The molecule has 4 aromatic rings. The molecule has 0 unspecified atom stereocenters. The lowest BCUT2D eigenvalue weighted by Gasteiger charge is -2.32. The minimum atomic E-state index is -0.398. The van der Waals surface area contributed by atoms with E-state index < -0.39 is 7.12 Å². The number of hydrogen-bond acceptors (Lipinski definition) is 6. The Balaban J connectivity index is 1.38. The Morgan fingerprint density at radius 3 is 2.37 bits per heavy atom. The zero-order valence-corrected chi connectivity index (χ0v) is 18.7. The third kappa shape index (κ3) is 3.17. The molecule has 7 nitrogen and oxygen atoms in total. The van der Waals surface area contributed by atoms with Gasteiger partial charge in [0.25, 0.3) is 5.89 Å². The van der Waals surface area contributed by atoms with Crippen molar-refractivity contribution in [3.05, 3.63) is 53.4 Å². The molecule has 1 saturated heterocycles. The highest BCUT2D eigenvalue weighted by atomic mass is 79.9. The van der Waals surface area contributed by atoms with E-state index in [2.05, 4.69) is 31.1 Å². The van der Waals surface area contributed by atoms with Crippen LogP contribution < -0.4 is 5.46 Å². The van der Waals surface area contributed by atoms with Crippen LogP contribution in [0, 0.1) is 0 Å². The van der Waals surface area contributed by atoms with E-state index >= 15 is 0 Å². The Morgan fingerprint density at radius 1 is 0.967 bits per heavy atom. The average Bonchev–Trinajstić information content (AvgIpc) is 3.39. The van der Waals surface area contributed by atoms with Crippen molar-refractivity contribution in [2.75, 3.05) is 0 Å². The van der Waals surface area contributed by atoms with Crippen LogP contribution >= 0.6 is 15.9 Å². The summed E-state index contributed by atoms with van der Waals surface area (Å²) in [4.78, 5) is 8.89. The largest absolute Gasteiger partial charge is 0.494 e. The van der Waals surface area contributed by atoms with Crippen molar-refractivity contribution >= 4 is 34.2 Å². The summed E-state index contributed by atoms with van der Waals surface area (Å²) in [6.45, 7) is 8.17. The lowest BCUT2D eigenvalue weighted by molar-refractivity contribution is 0.00578. The van der Waals surface area contributed by atoms with Crippen LogP contribution in [0.1, 0.15) is 27.7 Å². The molecule has 1 fully saturated rings. The van der Waals surface area contributed by atoms with E-state index in [1.165, 1.54) is 0 Å². The maximum atomic E-state index is 6.11. The predicted octanol–water partition coefficient (Wildman–Crippen LogP) is 4.11. The second-order valence-corrected chi connectivity index (χ2v) is 9.17. The van der Waals surface area contributed by atoms with Crippen molar-refractivity contribution in [2.45, 2.75) is 38.9 Å².